The number of nitrogens with zero attached hydrogens (tertiary/aromatic N) is 2. The van der Waals surface area contributed by atoms with Gasteiger partial charge in [-0.1, -0.05) is 31.5 Å². The molecule has 1 fully saturated rings. The highest BCUT2D eigenvalue weighted by Gasteiger charge is 2.28. The molecule has 6 heteroatoms. The molecule has 0 amide bonds. The number of carbonyl (C=O) groups is 1. The van der Waals surface area contributed by atoms with E-state index in [9.17, 15) is 9.59 Å². The molecule has 1 aromatic heterocycles. The van der Waals surface area contributed by atoms with Crippen molar-refractivity contribution < 1.29 is 9.53 Å². The summed E-state index contributed by atoms with van der Waals surface area (Å²) >= 11 is 1.35. The van der Waals surface area contributed by atoms with Crippen LogP contribution in [0.25, 0.3) is 0 Å². The van der Waals surface area contributed by atoms with Crippen molar-refractivity contribution in [2.45, 2.75) is 55.5 Å². The Bertz CT molecular complexity index is 525. The van der Waals surface area contributed by atoms with Crippen molar-refractivity contribution in [3.63, 3.8) is 0 Å². The molecule has 1 aliphatic carbocycles. The van der Waals surface area contributed by atoms with Crippen molar-refractivity contribution in [2.24, 2.45) is 0 Å². The molecule has 1 heterocycles. The van der Waals surface area contributed by atoms with Crippen LogP contribution < -0.4 is 5.56 Å². The van der Waals surface area contributed by atoms with Crippen LogP contribution in [0.5, 0.6) is 0 Å². The Morgan fingerprint density at radius 2 is 2.35 bits per heavy atom. The number of carbonyl (C=O) groups excluding carboxylic acids is 1. The molecule has 1 unspecified atom stereocenters. The van der Waals surface area contributed by atoms with Crippen LogP contribution in [0.1, 0.15) is 45.1 Å². The normalized spacial score (nSPS) is 15.9. The van der Waals surface area contributed by atoms with Gasteiger partial charge < -0.3 is 9.30 Å². The predicted octanol–water partition coefficient (Wildman–Crippen LogP) is 2.40. The highest BCUT2D eigenvalue weighted by atomic mass is 32.2. The Hall–Kier alpha value is -1.30. The molecule has 0 radical (unpaired) electrons. The second-order valence-electron chi connectivity index (χ2n) is 4.96. The summed E-state index contributed by atoms with van der Waals surface area (Å²) in [5, 5.41) is 0.339. The molecule has 20 heavy (non-hydrogen) atoms. The number of thioether (sulfide) groups is 1. The van der Waals surface area contributed by atoms with Crippen molar-refractivity contribution in [3.05, 3.63) is 22.6 Å². The van der Waals surface area contributed by atoms with Crippen LogP contribution in [0.3, 0.4) is 0 Å². The molecule has 1 saturated carbocycles. The van der Waals surface area contributed by atoms with Gasteiger partial charge in [0.05, 0.1) is 7.11 Å². The van der Waals surface area contributed by atoms with E-state index in [0.29, 0.717) is 11.2 Å². The SMILES string of the molecule is CCCCC(Sc1nc(=O)ccn1C1CC1)C(=O)OC. The summed E-state index contributed by atoms with van der Waals surface area (Å²) in [7, 11) is 1.40. The van der Waals surface area contributed by atoms with Crippen LogP contribution in [0.2, 0.25) is 0 Å². The van der Waals surface area contributed by atoms with Crippen molar-refractivity contribution in [3.8, 4) is 0 Å². The quantitative estimate of drug-likeness (QED) is 0.439. The number of rotatable bonds is 7. The zero-order valence-electron chi connectivity index (χ0n) is 11.9. The van der Waals surface area contributed by atoms with Gasteiger partial charge in [0.2, 0.25) is 0 Å². The van der Waals surface area contributed by atoms with Gasteiger partial charge in [0, 0.05) is 18.3 Å². The molecule has 1 aromatic rings. The zero-order chi connectivity index (χ0) is 14.5. The van der Waals surface area contributed by atoms with Crippen molar-refractivity contribution >= 4 is 17.7 Å². The topological polar surface area (TPSA) is 61.2 Å². The molecule has 0 aromatic carbocycles. The van der Waals surface area contributed by atoms with Crippen LogP contribution in [0, 0.1) is 0 Å². The largest absolute Gasteiger partial charge is 0.468 e. The molecular formula is C14H20N2O3S. The molecule has 0 N–H and O–H groups in total. The number of aromatic nitrogens is 2. The van der Waals surface area contributed by atoms with E-state index < -0.39 is 0 Å². The molecule has 0 spiro atoms. The van der Waals surface area contributed by atoms with E-state index in [1.165, 1.54) is 24.9 Å². The summed E-state index contributed by atoms with van der Waals surface area (Å²) in [4.78, 5) is 27.4. The van der Waals surface area contributed by atoms with Gasteiger partial charge in [-0.2, -0.15) is 4.98 Å². The highest BCUT2D eigenvalue weighted by Crippen LogP contribution is 2.38. The molecule has 0 aliphatic heterocycles. The third-order valence-corrected chi connectivity index (χ3v) is 4.50. The first-order valence-corrected chi connectivity index (χ1v) is 7.87. The predicted molar refractivity (Wildman–Crippen MR) is 78.0 cm³/mol. The average Bonchev–Trinajstić information content (AvgIpc) is 3.27. The van der Waals surface area contributed by atoms with Crippen molar-refractivity contribution in [1.82, 2.24) is 9.55 Å². The van der Waals surface area contributed by atoms with Crippen LogP contribution in [-0.4, -0.2) is 27.9 Å². The molecule has 1 atom stereocenters. The van der Waals surface area contributed by atoms with Gasteiger partial charge in [0.1, 0.15) is 5.25 Å². The van der Waals surface area contributed by atoms with Gasteiger partial charge in [0.25, 0.3) is 5.56 Å². The minimum atomic E-state index is -0.292. The first kappa shape index (κ1) is 15.1. The lowest BCUT2D eigenvalue weighted by Crippen LogP contribution is -2.21. The van der Waals surface area contributed by atoms with Crippen LogP contribution >= 0.6 is 11.8 Å². The monoisotopic (exact) mass is 296 g/mol. The molecule has 0 saturated heterocycles. The van der Waals surface area contributed by atoms with Gasteiger partial charge in [-0.15, -0.1) is 0 Å². The van der Waals surface area contributed by atoms with E-state index >= 15 is 0 Å². The Balaban J connectivity index is 2.18. The fourth-order valence-corrected chi connectivity index (χ4v) is 3.19. The molecular weight excluding hydrogens is 276 g/mol. The lowest BCUT2D eigenvalue weighted by atomic mass is 10.2. The lowest BCUT2D eigenvalue weighted by molar-refractivity contribution is -0.140. The summed E-state index contributed by atoms with van der Waals surface area (Å²) in [5.41, 5.74) is -0.261. The van der Waals surface area contributed by atoms with E-state index in [1.807, 2.05) is 4.57 Å². The number of hydrogen-bond acceptors (Lipinski definition) is 5. The van der Waals surface area contributed by atoms with E-state index in [1.54, 1.807) is 6.20 Å². The highest BCUT2D eigenvalue weighted by molar-refractivity contribution is 8.00. The number of ether oxygens (including phenoxy) is 1. The van der Waals surface area contributed by atoms with E-state index in [2.05, 4.69) is 11.9 Å². The molecule has 0 bridgehead atoms. The summed E-state index contributed by atoms with van der Waals surface area (Å²) in [6, 6.07) is 1.90. The average molecular weight is 296 g/mol. The first-order valence-electron chi connectivity index (χ1n) is 6.99. The summed E-state index contributed by atoms with van der Waals surface area (Å²) in [5.74, 6) is -0.246. The summed E-state index contributed by atoms with van der Waals surface area (Å²) < 4.78 is 6.86. The molecule has 1 aliphatic rings. The maximum atomic E-state index is 11.8. The van der Waals surface area contributed by atoms with E-state index in [-0.39, 0.29) is 16.8 Å². The van der Waals surface area contributed by atoms with E-state index in [4.69, 9.17) is 4.74 Å². The van der Waals surface area contributed by atoms with Crippen LogP contribution in [-0.2, 0) is 9.53 Å². The first-order chi connectivity index (χ1) is 9.65. The standard InChI is InChI=1S/C14H20N2O3S/c1-3-4-5-11(13(18)19-2)20-14-15-12(17)8-9-16(14)10-6-7-10/h8-11H,3-7H2,1-2H3. The van der Waals surface area contributed by atoms with Gasteiger partial charge >= 0.3 is 5.97 Å². The number of esters is 1. The van der Waals surface area contributed by atoms with Gasteiger partial charge in [-0.25, -0.2) is 0 Å². The third-order valence-electron chi connectivity index (χ3n) is 3.28. The zero-order valence-corrected chi connectivity index (χ0v) is 12.7. The number of methoxy groups -OCH3 is 1. The Morgan fingerprint density at radius 3 is 2.95 bits per heavy atom. The maximum Gasteiger partial charge on any atom is 0.319 e. The molecule has 110 valence electrons. The molecule has 2 rings (SSSR count). The van der Waals surface area contributed by atoms with Crippen molar-refractivity contribution in [1.29, 1.82) is 0 Å². The number of hydrogen-bond donors (Lipinski definition) is 0. The number of unbranched alkanes of at least 4 members (excludes halogenated alkanes) is 1. The fraction of sp³-hybridized carbons (Fsp3) is 0.643. The van der Waals surface area contributed by atoms with Gasteiger partial charge in [0.15, 0.2) is 5.16 Å². The minimum absolute atomic E-state index is 0.246. The summed E-state index contributed by atoms with van der Waals surface area (Å²) in [6.07, 6.45) is 6.71. The molecule has 5 nitrogen and oxygen atoms in total. The Labute approximate surface area is 122 Å². The fourth-order valence-electron chi connectivity index (χ4n) is 1.99. The minimum Gasteiger partial charge on any atom is -0.468 e. The van der Waals surface area contributed by atoms with Gasteiger partial charge in [-0.05, 0) is 19.3 Å². The summed E-state index contributed by atoms with van der Waals surface area (Å²) in [6.45, 7) is 2.08. The Kier molecular flexibility index (Phi) is 5.23. The Morgan fingerprint density at radius 1 is 1.60 bits per heavy atom. The third kappa shape index (κ3) is 3.85. The van der Waals surface area contributed by atoms with Crippen LogP contribution in [0.15, 0.2) is 22.2 Å². The maximum absolute atomic E-state index is 11.8. The smallest absolute Gasteiger partial charge is 0.319 e. The van der Waals surface area contributed by atoms with Crippen molar-refractivity contribution in [2.75, 3.05) is 7.11 Å². The van der Waals surface area contributed by atoms with E-state index in [0.717, 1.165) is 32.1 Å². The van der Waals surface area contributed by atoms with Crippen LogP contribution in [0.4, 0.5) is 0 Å². The lowest BCUT2D eigenvalue weighted by Gasteiger charge is -2.16. The second kappa shape index (κ2) is 6.92. The van der Waals surface area contributed by atoms with Gasteiger partial charge in [-0.3, -0.25) is 9.59 Å². The second-order valence-corrected chi connectivity index (χ2v) is 6.13.